The van der Waals surface area contributed by atoms with E-state index in [2.05, 4.69) is 61.0 Å². The fraction of sp³-hybridized carbons (Fsp3) is 0.638. The third-order valence-electron chi connectivity index (χ3n) is 11.6. The standard InChI is InChI=1S/C43H66N6O4.C4H10N2O/c1-32(44-8)39(51)45-38(43(5,6)7)40(52)49-26-16-22-36(49)31-47(28-24-34-19-13-10-14-20-34)41(53)46(27-23-33-17-11-9-12-18-33)30-35-21-15-25-48(35)37(50)29-42(2,3)4;1-3(6-2)4(5)7/h9-14,17-20,32,35-36,38,44H,15-16,21-31H2,1-8H3,(H,45,51);3,6H,1-2H3,(H2,5,7)/t32-,35-,36-,38+;3-/m00/s1. The summed E-state index contributed by atoms with van der Waals surface area (Å²) in [7, 11) is 3.42. The van der Waals surface area contributed by atoms with Crippen LogP contribution >= 0.6 is 0 Å². The molecule has 0 saturated carbocycles. The van der Waals surface area contributed by atoms with E-state index in [1.54, 1.807) is 27.9 Å². The topological polar surface area (TPSA) is 160 Å². The minimum absolute atomic E-state index is 0.0405. The second kappa shape index (κ2) is 23.5. The fourth-order valence-electron chi connectivity index (χ4n) is 7.64. The number of urea groups is 1. The Kier molecular flexibility index (Phi) is 19.5. The lowest BCUT2D eigenvalue weighted by Gasteiger charge is -2.39. The van der Waals surface area contributed by atoms with Gasteiger partial charge in [-0.25, -0.2) is 4.79 Å². The number of carbonyl (C=O) groups excluding carboxylic acids is 5. The summed E-state index contributed by atoms with van der Waals surface area (Å²) in [5.74, 6) is -0.484. The highest BCUT2D eigenvalue weighted by molar-refractivity contribution is 5.90. The summed E-state index contributed by atoms with van der Waals surface area (Å²) in [5.41, 5.74) is 6.51. The van der Waals surface area contributed by atoms with E-state index in [0.29, 0.717) is 52.0 Å². The van der Waals surface area contributed by atoms with Gasteiger partial charge in [0.2, 0.25) is 23.6 Å². The molecule has 5 N–H and O–H groups in total. The average molecular weight is 833 g/mol. The molecule has 0 aliphatic carbocycles. The Balaban J connectivity index is 0.00000126. The number of nitrogens with two attached hydrogens (primary N) is 1. The third kappa shape index (κ3) is 15.8. The summed E-state index contributed by atoms with van der Waals surface area (Å²) in [5, 5.41) is 8.69. The number of nitrogens with one attached hydrogen (secondary N) is 3. The minimum Gasteiger partial charge on any atom is -0.368 e. The first kappa shape index (κ1) is 49.9. The maximum absolute atomic E-state index is 15.0. The Labute approximate surface area is 360 Å². The molecular formula is C47H76N8O5. The van der Waals surface area contributed by atoms with Gasteiger partial charge in [-0.2, -0.15) is 0 Å². The van der Waals surface area contributed by atoms with E-state index in [1.165, 1.54) is 0 Å². The second-order valence-electron chi connectivity index (χ2n) is 18.8. The number of amides is 6. The van der Waals surface area contributed by atoms with Crippen LogP contribution in [0.3, 0.4) is 0 Å². The lowest BCUT2D eigenvalue weighted by atomic mass is 9.85. The third-order valence-corrected chi connectivity index (χ3v) is 11.6. The molecule has 0 bridgehead atoms. The first-order valence-electron chi connectivity index (χ1n) is 21.9. The molecule has 0 radical (unpaired) electrons. The van der Waals surface area contributed by atoms with Crippen LogP contribution in [-0.4, -0.2) is 133 Å². The monoisotopic (exact) mass is 833 g/mol. The summed E-state index contributed by atoms with van der Waals surface area (Å²) in [4.78, 5) is 73.7. The number of hydrogen-bond donors (Lipinski definition) is 4. The van der Waals surface area contributed by atoms with Crippen molar-refractivity contribution in [2.75, 3.05) is 53.4 Å². The molecule has 0 unspecified atom stereocenters. The highest BCUT2D eigenvalue weighted by Crippen LogP contribution is 2.28. The minimum atomic E-state index is -0.707. The van der Waals surface area contributed by atoms with Crippen LogP contribution in [0.25, 0.3) is 0 Å². The molecule has 60 heavy (non-hydrogen) atoms. The highest BCUT2D eigenvalue weighted by atomic mass is 16.2. The van der Waals surface area contributed by atoms with E-state index >= 15 is 0 Å². The highest BCUT2D eigenvalue weighted by Gasteiger charge is 2.41. The van der Waals surface area contributed by atoms with Crippen LogP contribution in [0, 0.1) is 10.8 Å². The lowest BCUT2D eigenvalue weighted by molar-refractivity contribution is -0.140. The first-order chi connectivity index (χ1) is 28.2. The second-order valence-corrected chi connectivity index (χ2v) is 18.8. The molecule has 13 heteroatoms. The molecule has 2 aliphatic heterocycles. The van der Waals surface area contributed by atoms with E-state index in [9.17, 15) is 24.0 Å². The smallest absolute Gasteiger partial charge is 0.320 e. The Morgan fingerprint density at radius 3 is 1.57 bits per heavy atom. The van der Waals surface area contributed by atoms with Crippen LogP contribution in [0.2, 0.25) is 0 Å². The number of carbonyl (C=O) groups is 5. The molecule has 2 aromatic rings. The zero-order valence-electron chi connectivity index (χ0n) is 38.3. The summed E-state index contributed by atoms with van der Waals surface area (Å²) >= 11 is 0. The number of benzene rings is 2. The van der Waals surface area contributed by atoms with Gasteiger partial charge in [0.25, 0.3) is 0 Å². The van der Waals surface area contributed by atoms with Crippen LogP contribution in [0.1, 0.15) is 98.6 Å². The first-order valence-corrected chi connectivity index (χ1v) is 21.9. The molecule has 13 nitrogen and oxygen atoms in total. The molecule has 2 aromatic carbocycles. The van der Waals surface area contributed by atoms with E-state index in [4.69, 9.17) is 5.73 Å². The molecule has 334 valence electrons. The lowest BCUT2D eigenvalue weighted by Crippen LogP contribution is -2.59. The van der Waals surface area contributed by atoms with Gasteiger partial charge < -0.3 is 41.3 Å². The molecule has 4 rings (SSSR count). The average Bonchev–Trinajstić information content (AvgIpc) is 3.88. The quantitative estimate of drug-likeness (QED) is 0.178. The van der Waals surface area contributed by atoms with Gasteiger partial charge in [0.05, 0.1) is 12.1 Å². The number of nitrogens with zero attached hydrogens (tertiary/aromatic N) is 4. The van der Waals surface area contributed by atoms with E-state index < -0.39 is 17.5 Å². The van der Waals surface area contributed by atoms with Gasteiger partial charge in [0, 0.05) is 57.8 Å². The maximum atomic E-state index is 15.0. The fourth-order valence-corrected chi connectivity index (χ4v) is 7.64. The van der Waals surface area contributed by atoms with Crippen LogP contribution in [0.4, 0.5) is 4.79 Å². The predicted octanol–water partition coefficient (Wildman–Crippen LogP) is 4.83. The number of rotatable bonds is 17. The maximum Gasteiger partial charge on any atom is 0.320 e. The molecular weight excluding hydrogens is 757 g/mol. The van der Waals surface area contributed by atoms with Gasteiger partial charge in [-0.15, -0.1) is 0 Å². The van der Waals surface area contributed by atoms with Gasteiger partial charge in [-0.05, 0) is 88.4 Å². The van der Waals surface area contributed by atoms with E-state index in [-0.39, 0.29) is 53.2 Å². The molecule has 5 atom stereocenters. The van der Waals surface area contributed by atoms with Gasteiger partial charge in [0.15, 0.2) is 0 Å². The van der Waals surface area contributed by atoms with Gasteiger partial charge >= 0.3 is 6.03 Å². The molecule has 2 heterocycles. The van der Waals surface area contributed by atoms with Gasteiger partial charge in [-0.3, -0.25) is 19.2 Å². The normalized spacial score (nSPS) is 18.2. The summed E-state index contributed by atoms with van der Waals surface area (Å²) in [6, 6.07) is 18.8. The SMILES string of the molecule is CN[C@@H](C)C(=O)N[C@H](C(=O)N1CCC[C@H]1CN(CCc1ccccc1)C(=O)N(CCc1ccccc1)C[C@@H]1CCCN1C(=O)CC(C)(C)C)C(C)(C)C.CN[C@@H](C)C(N)=O. The van der Waals surface area contributed by atoms with Crippen molar-refractivity contribution in [1.82, 2.24) is 35.6 Å². The van der Waals surface area contributed by atoms with Crippen molar-refractivity contribution in [3.8, 4) is 0 Å². The number of likely N-dealkylation sites (tertiary alicyclic amines) is 2. The molecule has 6 amide bonds. The number of primary amides is 1. The van der Waals surface area contributed by atoms with E-state index in [0.717, 1.165) is 43.4 Å². The molecule has 2 saturated heterocycles. The Hall–Kier alpha value is -4.49. The van der Waals surface area contributed by atoms with Crippen molar-refractivity contribution in [3.05, 3.63) is 71.8 Å². The van der Waals surface area contributed by atoms with Crippen LogP contribution in [0.5, 0.6) is 0 Å². The molecule has 2 fully saturated rings. The van der Waals surface area contributed by atoms with E-state index in [1.807, 2.05) is 76.8 Å². The van der Waals surface area contributed by atoms with Crippen molar-refractivity contribution < 1.29 is 24.0 Å². The Bertz CT molecular complexity index is 1660. The molecule has 2 aliphatic rings. The Morgan fingerprint density at radius 1 is 0.717 bits per heavy atom. The van der Waals surface area contributed by atoms with Gasteiger partial charge in [-0.1, -0.05) is 102 Å². The predicted molar refractivity (Wildman–Crippen MR) is 240 cm³/mol. The van der Waals surface area contributed by atoms with Crippen molar-refractivity contribution in [3.63, 3.8) is 0 Å². The van der Waals surface area contributed by atoms with Crippen LogP contribution in [-0.2, 0) is 32.0 Å². The van der Waals surface area contributed by atoms with Crippen LogP contribution < -0.4 is 21.7 Å². The van der Waals surface area contributed by atoms with Crippen molar-refractivity contribution in [2.45, 2.75) is 131 Å². The largest absolute Gasteiger partial charge is 0.368 e. The zero-order chi connectivity index (χ0) is 44.6. The van der Waals surface area contributed by atoms with Gasteiger partial charge in [0.1, 0.15) is 6.04 Å². The van der Waals surface area contributed by atoms with Crippen molar-refractivity contribution in [2.24, 2.45) is 16.6 Å². The number of likely N-dealkylation sites (N-methyl/N-ethyl adjacent to an activating group) is 2. The summed E-state index contributed by atoms with van der Waals surface area (Å²) in [6.45, 7) is 18.9. The number of hydrogen-bond acceptors (Lipinski definition) is 7. The summed E-state index contributed by atoms with van der Waals surface area (Å²) < 4.78 is 0. The van der Waals surface area contributed by atoms with Crippen molar-refractivity contribution in [1.29, 1.82) is 0 Å². The van der Waals surface area contributed by atoms with Crippen molar-refractivity contribution >= 4 is 29.7 Å². The zero-order valence-corrected chi connectivity index (χ0v) is 38.3. The molecule has 0 spiro atoms. The Morgan fingerprint density at radius 2 is 1.17 bits per heavy atom. The molecule has 0 aromatic heterocycles. The van der Waals surface area contributed by atoms with Crippen LogP contribution in [0.15, 0.2) is 60.7 Å². The summed E-state index contributed by atoms with van der Waals surface area (Å²) in [6.07, 6.45) is 5.26.